The number of carbonyl (C=O) groups excluding carboxylic acids is 1. The van der Waals surface area contributed by atoms with Gasteiger partial charge < -0.3 is 10.1 Å². The molecule has 1 aromatic rings. The molecule has 0 fully saturated rings. The van der Waals surface area contributed by atoms with Gasteiger partial charge in [-0.05, 0) is 19.1 Å². The summed E-state index contributed by atoms with van der Waals surface area (Å²) in [5, 5.41) is 2.15. The maximum atomic E-state index is 12.3. The Morgan fingerprint density at radius 1 is 1.48 bits per heavy atom. The van der Waals surface area contributed by atoms with Crippen molar-refractivity contribution in [2.24, 2.45) is 4.99 Å². The predicted molar refractivity (Wildman–Crippen MR) is 83.7 cm³/mol. The van der Waals surface area contributed by atoms with Crippen LogP contribution in [0.3, 0.4) is 0 Å². The maximum Gasteiger partial charge on any atom is 0.260 e. The van der Waals surface area contributed by atoms with Gasteiger partial charge in [-0.1, -0.05) is 23.4 Å². The molecule has 0 aromatic heterocycles. The minimum Gasteiger partial charge on any atom is -0.496 e. The third kappa shape index (κ3) is 3.76. The predicted octanol–water partition coefficient (Wildman–Crippen LogP) is 1.21. The van der Waals surface area contributed by atoms with Crippen molar-refractivity contribution in [1.29, 1.82) is 0 Å². The van der Waals surface area contributed by atoms with Crippen molar-refractivity contribution < 1.29 is 17.9 Å². The molecule has 1 heterocycles. The Morgan fingerprint density at radius 2 is 2.19 bits per heavy atom. The second kappa shape index (κ2) is 6.07. The van der Waals surface area contributed by atoms with Crippen molar-refractivity contribution in [1.82, 2.24) is 5.32 Å². The van der Waals surface area contributed by atoms with Gasteiger partial charge in [0, 0.05) is 12.0 Å². The molecule has 0 radical (unpaired) electrons. The van der Waals surface area contributed by atoms with Crippen LogP contribution in [0.2, 0.25) is 0 Å². The summed E-state index contributed by atoms with van der Waals surface area (Å²) in [4.78, 5) is 16.3. The number of hydrogen-bond acceptors (Lipinski definition) is 6. The summed E-state index contributed by atoms with van der Waals surface area (Å²) >= 11 is 1.22. The van der Waals surface area contributed by atoms with Gasteiger partial charge in [-0.3, -0.25) is 4.79 Å². The first-order valence-corrected chi connectivity index (χ1v) is 9.10. The summed E-state index contributed by atoms with van der Waals surface area (Å²) in [5.74, 6) is 0.414. The molecule has 1 aromatic carbocycles. The molecule has 2 rings (SSSR count). The van der Waals surface area contributed by atoms with Crippen molar-refractivity contribution in [2.75, 3.05) is 19.1 Å². The smallest absolute Gasteiger partial charge is 0.260 e. The number of sulfone groups is 1. The highest BCUT2D eigenvalue weighted by molar-refractivity contribution is 8.14. The van der Waals surface area contributed by atoms with Gasteiger partial charge in [-0.25, -0.2) is 13.4 Å². The Bertz CT molecular complexity index is 698. The van der Waals surface area contributed by atoms with Crippen molar-refractivity contribution in [3.05, 3.63) is 29.3 Å². The SMILES string of the molecule is COc1ccc(C)cc1C(=O)NC1=NC(S(C)(=O)=O)CS1. The lowest BCUT2D eigenvalue weighted by Gasteiger charge is -2.09. The molecule has 0 spiro atoms. The summed E-state index contributed by atoms with van der Waals surface area (Å²) < 4.78 is 28.0. The van der Waals surface area contributed by atoms with Gasteiger partial charge in [-0.2, -0.15) is 0 Å². The third-order valence-electron chi connectivity index (χ3n) is 2.94. The van der Waals surface area contributed by atoms with E-state index in [0.717, 1.165) is 11.8 Å². The average molecular weight is 328 g/mol. The van der Waals surface area contributed by atoms with Crippen molar-refractivity contribution in [3.63, 3.8) is 0 Å². The van der Waals surface area contributed by atoms with Crippen LogP contribution in [0.5, 0.6) is 5.75 Å². The lowest BCUT2D eigenvalue weighted by molar-refractivity contribution is 0.0975. The van der Waals surface area contributed by atoms with Crippen LogP contribution in [-0.2, 0) is 9.84 Å². The van der Waals surface area contributed by atoms with E-state index in [0.29, 0.717) is 22.2 Å². The van der Waals surface area contributed by atoms with Crippen LogP contribution in [-0.4, -0.2) is 44.0 Å². The third-order valence-corrected chi connectivity index (χ3v) is 5.37. The monoisotopic (exact) mass is 328 g/mol. The highest BCUT2D eigenvalue weighted by Crippen LogP contribution is 2.23. The summed E-state index contributed by atoms with van der Waals surface area (Å²) in [6.45, 7) is 1.87. The molecule has 1 aliphatic heterocycles. The van der Waals surface area contributed by atoms with Gasteiger partial charge in [0.1, 0.15) is 5.75 Å². The molecule has 0 saturated heterocycles. The number of thioether (sulfide) groups is 1. The van der Waals surface area contributed by atoms with Crippen LogP contribution in [0.15, 0.2) is 23.2 Å². The maximum absolute atomic E-state index is 12.3. The summed E-state index contributed by atoms with van der Waals surface area (Å²) in [6.07, 6.45) is 1.13. The molecule has 114 valence electrons. The van der Waals surface area contributed by atoms with E-state index in [1.54, 1.807) is 12.1 Å². The number of aliphatic imine (C=N–C) groups is 1. The summed E-state index contributed by atoms with van der Waals surface area (Å²) in [7, 11) is -1.75. The first-order valence-electron chi connectivity index (χ1n) is 6.16. The second-order valence-electron chi connectivity index (χ2n) is 4.69. The highest BCUT2D eigenvalue weighted by atomic mass is 32.2. The van der Waals surface area contributed by atoms with E-state index in [4.69, 9.17) is 4.74 Å². The van der Waals surface area contributed by atoms with E-state index in [1.165, 1.54) is 18.9 Å². The van der Waals surface area contributed by atoms with Crippen molar-refractivity contribution >= 4 is 32.7 Å². The lowest BCUT2D eigenvalue weighted by Crippen LogP contribution is -2.28. The normalized spacial score (nSPS) is 18.2. The Hall–Kier alpha value is -1.54. The fourth-order valence-electron chi connectivity index (χ4n) is 1.81. The van der Waals surface area contributed by atoms with E-state index in [1.807, 2.05) is 13.0 Å². The van der Waals surface area contributed by atoms with E-state index in [-0.39, 0.29) is 5.91 Å². The minimum atomic E-state index is -3.24. The molecule has 21 heavy (non-hydrogen) atoms. The molecule has 0 saturated carbocycles. The average Bonchev–Trinajstić information content (AvgIpc) is 2.87. The van der Waals surface area contributed by atoms with Gasteiger partial charge in [0.05, 0.1) is 12.7 Å². The number of carbonyl (C=O) groups is 1. The molecule has 1 atom stereocenters. The van der Waals surface area contributed by atoms with Crippen LogP contribution in [0, 0.1) is 6.92 Å². The van der Waals surface area contributed by atoms with Crippen molar-refractivity contribution in [3.8, 4) is 5.75 Å². The van der Waals surface area contributed by atoms with Gasteiger partial charge in [-0.15, -0.1) is 0 Å². The van der Waals surface area contributed by atoms with Crippen LogP contribution in [0.25, 0.3) is 0 Å². The molecule has 8 heteroatoms. The highest BCUT2D eigenvalue weighted by Gasteiger charge is 2.28. The van der Waals surface area contributed by atoms with Gasteiger partial charge in [0.15, 0.2) is 20.4 Å². The Balaban J connectivity index is 2.18. The zero-order chi connectivity index (χ0) is 15.6. The number of amidine groups is 1. The molecular formula is C13H16N2O4S2. The van der Waals surface area contributed by atoms with E-state index in [2.05, 4.69) is 10.3 Å². The Labute approximate surface area is 127 Å². The lowest BCUT2D eigenvalue weighted by atomic mass is 10.1. The summed E-state index contributed by atoms with van der Waals surface area (Å²) in [5.41, 5.74) is 1.32. The first kappa shape index (κ1) is 15.8. The number of hydrogen-bond donors (Lipinski definition) is 1. The standard InChI is InChI=1S/C13H16N2O4S2/c1-8-4-5-10(19-2)9(6-8)12(16)15-13-14-11(7-20-13)21(3,17)18/h4-6,11H,7H2,1-3H3,(H,14,15,16). The van der Waals surface area contributed by atoms with Gasteiger partial charge >= 0.3 is 0 Å². The molecule has 0 aliphatic carbocycles. The fourth-order valence-corrected chi connectivity index (χ4v) is 4.11. The number of ether oxygens (including phenoxy) is 1. The topological polar surface area (TPSA) is 84.8 Å². The van der Waals surface area contributed by atoms with Crippen LogP contribution in [0.1, 0.15) is 15.9 Å². The number of methoxy groups -OCH3 is 1. The number of nitrogens with one attached hydrogen (secondary N) is 1. The molecular weight excluding hydrogens is 312 g/mol. The number of nitrogens with zero attached hydrogens (tertiary/aromatic N) is 1. The molecule has 1 unspecified atom stereocenters. The second-order valence-corrected chi connectivity index (χ2v) is 7.90. The Kier molecular flexibility index (Phi) is 4.58. The molecule has 1 amide bonds. The number of rotatable bonds is 3. The first-order chi connectivity index (χ1) is 9.81. The van der Waals surface area contributed by atoms with E-state index >= 15 is 0 Å². The van der Waals surface area contributed by atoms with Crippen molar-refractivity contribution in [2.45, 2.75) is 12.3 Å². The largest absolute Gasteiger partial charge is 0.496 e. The minimum absolute atomic E-state index is 0.319. The molecule has 6 nitrogen and oxygen atoms in total. The zero-order valence-electron chi connectivity index (χ0n) is 11.9. The zero-order valence-corrected chi connectivity index (χ0v) is 13.5. The van der Waals surface area contributed by atoms with E-state index < -0.39 is 15.2 Å². The fraction of sp³-hybridized carbons (Fsp3) is 0.385. The molecule has 1 N–H and O–H groups in total. The quantitative estimate of drug-likeness (QED) is 0.901. The van der Waals surface area contributed by atoms with Gasteiger partial charge in [0.2, 0.25) is 0 Å². The summed E-state index contributed by atoms with van der Waals surface area (Å²) in [6, 6.07) is 5.27. The van der Waals surface area contributed by atoms with Crippen LogP contribution < -0.4 is 10.1 Å². The molecule has 1 aliphatic rings. The number of aryl methyl sites for hydroxylation is 1. The van der Waals surface area contributed by atoms with Crippen LogP contribution in [0.4, 0.5) is 0 Å². The van der Waals surface area contributed by atoms with Crippen LogP contribution >= 0.6 is 11.8 Å². The van der Waals surface area contributed by atoms with Gasteiger partial charge in [0.25, 0.3) is 5.91 Å². The molecule has 0 bridgehead atoms. The Morgan fingerprint density at radius 3 is 2.76 bits per heavy atom. The number of benzene rings is 1. The number of amides is 1. The van der Waals surface area contributed by atoms with E-state index in [9.17, 15) is 13.2 Å².